The zero-order valence-electron chi connectivity index (χ0n) is 10.5. The molecule has 0 amide bonds. The molecule has 0 radical (unpaired) electrons. The van der Waals surface area contributed by atoms with Gasteiger partial charge in [-0.05, 0) is 31.2 Å². The number of hydrogen-bond donors (Lipinski definition) is 1. The summed E-state index contributed by atoms with van der Waals surface area (Å²) in [5.41, 5.74) is 0.684. The van der Waals surface area contributed by atoms with E-state index >= 15 is 0 Å². The fourth-order valence-corrected chi connectivity index (χ4v) is 1.48. The molecule has 1 atom stereocenters. The lowest BCUT2D eigenvalue weighted by atomic mass is 10.1. The highest BCUT2D eigenvalue weighted by atomic mass is 16.5. The van der Waals surface area contributed by atoms with E-state index in [4.69, 9.17) is 9.47 Å². The van der Waals surface area contributed by atoms with Gasteiger partial charge >= 0.3 is 0 Å². The lowest BCUT2D eigenvalue weighted by Crippen LogP contribution is -2.36. The lowest BCUT2D eigenvalue weighted by molar-refractivity contribution is 0.0945. The molecular formula is C13H19NO3. The zero-order valence-corrected chi connectivity index (χ0v) is 10.5. The van der Waals surface area contributed by atoms with Crippen molar-refractivity contribution in [3.8, 4) is 5.75 Å². The van der Waals surface area contributed by atoms with E-state index in [-0.39, 0.29) is 11.8 Å². The summed E-state index contributed by atoms with van der Waals surface area (Å²) in [5, 5.41) is 3.10. The first-order chi connectivity index (χ1) is 8.19. The molecule has 0 aromatic heterocycles. The molecule has 0 aliphatic heterocycles. The van der Waals surface area contributed by atoms with Crippen LogP contribution in [0.5, 0.6) is 5.75 Å². The number of rotatable bonds is 7. The topological polar surface area (TPSA) is 47.6 Å². The second kappa shape index (κ2) is 7.04. The molecular weight excluding hydrogens is 218 g/mol. The Balaban J connectivity index is 2.55. The van der Waals surface area contributed by atoms with Crippen LogP contribution >= 0.6 is 0 Å². The number of carbonyl (C=O) groups is 1. The molecule has 1 rings (SSSR count). The first-order valence-corrected chi connectivity index (χ1v) is 5.59. The molecule has 0 spiro atoms. The summed E-state index contributed by atoms with van der Waals surface area (Å²) in [6, 6.07) is 6.91. The molecule has 0 saturated carbocycles. The van der Waals surface area contributed by atoms with E-state index in [1.165, 1.54) is 0 Å². The molecule has 4 heteroatoms. The normalized spacial score (nSPS) is 12.2. The second-order valence-corrected chi connectivity index (χ2v) is 3.76. The Morgan fingerprint density at radius 2 is 1.94 bits per heavy atom. The van der Waals surface area contributed by atoms with Crippen LogP contribution in [0.1, 0.15) is 17.3 Å². The minimum atomic E-state index is -0.210. The van der Waals surface area contributed by atoms with Gasteiger partial charge in [-0.2, -0.15) is 0 Å². The third-order valence-electron chi connectivity index (χ3n) is 2.52. The number of Topliss-reactive ketones (excluding diaryl/α,β-unsaturated/α-hetero) is 1. The molecule has 1 aromatic carbocycles. The molecule has 0 aliphatic carbocycles. The number of methoxy groups -OCH3 is 2. The van der Waals surface area contributed by atoms with Gasteiger partial charge in [0, 0.05) is 19.2 Å². The van der Waals surface area contributed by atoms with Gasteiger partial charge in [0.25, 0.3) is 0 Å². The van der Waals surface area contributed by atoms with Crippen molar-refractivity contribution in [1.29, 1.82) is 0 Å². The molecule has 17 heavy (non-hydrogen) atoms. The standard InChI is InChI=1S/C13H19NO3/c1-10(14-8-9-16-2)13(15)11-4-6-12(17-3)7-5-11/h4-7,10,14H,8-9H2,1-3H3. The van der Waals surface area contributed by atoms with E-state index in [0.29, 0.717) is 18.7 Å². The highest BCUT2D eigenvalue weighted by molar-refractivity contribution is 5.99. The van der Waals surface area contributed by atoms with Crippen molar-refractivity contribution in [1.82, 2.24) is 5.32 Å². The highest BCUT2D eigenvalue weighted by Gasteiger charge is 2.13. The Morgan fingerprint density at radius 3 is 2.47 bits per heavy atom. The Kier molecular flexibility index (Phi) is 5.66. The van der Waals surface area contributed by atoms with E-state index in [0.717, 1.165) is 5.75 Å². The largest absolute Gasteiger partial charge is 0.497 e. The van der Waals surface area contributed by atoms with Crippen LogP contribution in [0.2, 0.25) is 0 Å². The molecule has 94 valence electrons. The lowest BCUT2D eigenvalue weighted by Gasteiger charge is -2.12. The predicted molar refractivity (Wildman–Crippen MR) is 66.7 cm³/mol. The number of hydrogen-bond acceptors (Lipinski definition) is 4. The number of ether oxygens (including phenoxy) is 2. The third kappa shape index (κ3) is 4.17. The summed E-state index contributed by atoms with van der Waals surface area (Å²) in [7, 11) is 3.24. The molecule has 0 heterocycles. The number of benzene rings is 1. The fourth-order valence-electron chi connectivity index (χ4n) is 1.48. The second-order valence-electron chi connectivity index (χ2n) is 3.76. The van der Waals surface area contributed by atoms with Gasteiger partial charge in [-0.15, -0.1) is 0 Å². The van der Waals surface area contributed by atoms with Gasteiger partial charge in [-0.25, -0.2) is 0 Å². The van der Waals surface area contributed by atoms with Crippen molar-refractivity contribution in [2.24, 2.45) is 0 Å². The highest BCUT2D eigenvalue weighted by Crippen LogP contribution is 2.12. The molecule has 1 aromatic rings. The molecule has 0 aliphatic rings. The van der Waals surface area contributed by atoms with Gasteiger partial charge in [0.2, 0.25) is 0 Å². The van der Waals surface area contributed by atoms with Crippen LogP contribution in [0, 0.1) is 0 Å². The maximum atomic E-state index is 12.0. The van der Waals surface area contributed by atoms with Crippen LogP contribution in [0.15, 0.2) is 24.3 Å². The van der Waals surface area contributed by atoms with E-state index in [1.807, 2.05) is 6.92 Å². The van der Waals surface area contributed by atoms with E-state index in [9.17, 15) is 4.79 Å². The minimum Gasteiger partial charge on any atom is -0.497 e. The maximum Gasteiger partial charge on any atom is 0.179 e. The van der Waals surface area contributed by atoms with Gasteiger partial charge < -0.3 is 14.8 Å². The Labute approximate surface area is 102 Å². The monoisotopic (exact) mass is 237 g/mol. The average molecular weight is 237 g/mol. The quantitative estimate of drug-likeness (QED) is 0.576. The summed E-state index contributed by atoms with van der Waals surface area (Å²) in [6.07, 6.45) is 0. The van der Waals surface area contributed by atoms with Crippen LogP contribution in [-0.2, 0) is 4.74 Å². The predicted octanol–water partition coefficient (Wildman–Crippen LogP) is 1.50. The van der Waals surface area contributed by atoms with Crippen molar-refractivity contribution in [2.45, 2.75) is 13.0 Å². The maximum absolute atomic E-state index is 12.0. The Bertz CT molecular complexity index is 348. The summed E-state index contributed by atoms with van der Waals surface area (Å²) in [5.74, 6) is 0.824. The van der Waals surface area contributed by atoms with E-state index < -0.39 is 0 Å². The Morgan fingerprint density at radius 1 is 1.29 bits per heavy atom. The number of nitrogens with one attached hydrogen (secondary N) is 1. The molecule has 0 saturated heterocycles. The van der Waals surface area contributed by atoms with Crippen molar-refractivity contribution < 1.29 is 14.3 Å². The van der Waals surface area contributed by atoms with Crippen molar-refractivity contribution >= 4 is 5.78 Å². The average Bonchev–Trinajstić information content (AvgIpc) is 2.38. The summed E-state index contributed by atoms with van der Waals surface area (Å²) in [4.78, 5) is 12.0. The number of ketones is 1. The van der Waals surface area contributed by atoms with Gasteiger partial charge in [-0.1, -0.05) is 0 Å². The molecule has 0 bridgehead atoms. The van der Waals surface area contributed by atoms with Crippen LogP contribution in [0.3, 0.4) is 0 Å². The Hall–Kier alpha value is -1.39. The van der Waals surface area contributed by atoms with Crippen LogP contribution in [0.25, 0.3) is 0 Å². The fraction of sp³-hybridized carbons (Fsp3) is 0.462. The van der Waals surface area contributed by atoms with Crippen LogP contribution < -0.4 is 10.1 Å². The number of carbonyl (C=O) groups excluding carboxylic acids is 1. The SMILES string of the molecule is COCCNC(C)C(=O)c1ccc(OC)cc1. The van der Waals surface area contributed by atoms with Gasteiger partial charge in [0.1, 0.15) is 5.75 Å². The molecule has 1 unspecified atom stereocenters. The van der Waals surface area contributed by atoms with Gasteiger partial charge in [0.15, 0.2) is 5.78 Å². The summed E-state index contributed by atoms with van der Waals surface area (Å²) in [6.45, 7) is 3.11. The van der Waals surface area contributed by atoms with Crippen molar-refractivity contribution in [3.05, 3.63) is 29.8 Å². The molecule has 0 fully saturated rings. The zero-order chi connectivity index (χ0) is 12.7. The molecule has 4 nitrogen and oxygen atoms in total. The summed E-state index contributed by atoms with van der Waals surface area (Å²) < 4.78 is 9.96. The van der Waals surface area contributed by atoms with E-state index in [1.54, 1.807) is 38.5 Å². The first kappa shape index (κ1) is 13.7. The minimum absolute atomic E-state index is 0.0729. The molecule has 1 N–H and O–H groups in total. The third-order valence-corrected chi connectivity index (χ3v) is 2.52. The van der Waals surface area contributed by atoms with Crippen LogP contribution in [0.4, 0.5) is 0 Å². The van der Waals surface area contributed by atoms with Gasteiger partial charge in [0.05, 0.1) is 19.8 Å². The summed E-state index contributed by atoms with van der Waals surface area (Å²) >= 11 is 0. The van der Waals surface area contributed by atoms with Crippen molar-refractivity contribution in [3.63, 3.8) is 0 Å². The van der Waals surface area contributed by atoms with Gasteiger partial charge in [-0.3, -0.25) is 4.79 Å². The smallest absolute Gasteiger partial charge is 0.179 e. The van der Waals surface area contributed by atoms with Crippen LogP contribution in [-0.4, -0.2) is 39.2 Å². The first-order valence-electron chi connectivity index (χ1n) is 5.59. The van der Waals surface area contributed by atoms with E-state index in [2.05, 4.69) is 5.32 Å². The van der Waals surface area contributed by atoms with Crippen molar-refractivity contribution in [2.75, 3.05) is 27.4 Å².